The van der Waals surface area contributed by atoms with E-state index in [-0.39, 0.29) is 19.1 Å². The van der Waals surface area contributed by atoms with Gasteiger partial charge >= 0.3 is 12.4 Å². The lowest BCUT2D eigenvalue weighted by Gasteiger charge is -2.24. The van der Waals surface area contributed by atoms with Gasteiger partial charge in [0.25, 0.3) is 5.91 Å². The van der Waals surface area contributed by atoms with Crippen molar-refractivity contribution in [3.8, 4) is 22.3 Å². The van der Waals surface area contributed by atoms with Crippen LogP contribution in [0.25, 0.3) is 42.4 Å². The van der Waals surface area contributed by atoms with Crippen LogP contribution in [0.5, 0.6) is 0 Å². The third kappa shape index (κ3) is 8.73. The van der Waals surface area contributed by atoms with Gasteiger partial charge in [-0.05, 0) is 106 Å². The van der Waals surface area contributed by atoms with E-state index in [1.165, 1.54) is 24.3 Å². The maximum absolute atomic E-state index is 14.6. The Bertz CT molecular complexity index is 2910. The molecule has 2 aromatic heterocycles. The number of aryl methyl sites for hydroxylation is 2. The number of fused-ring (bicyclic) bond motifs is 2. The Balaban J connectivity index is 1.10. The molecule has 0 atom stereocenters. The minimum absolute atomic E-state index is 0.218. The maximum atomic E-state index is 14.6. The zero-order valence-electron chi connectivity index (χ0n) is 33.4. The summed E-state index contributed by atoms with van der Waals surface area (Å²) in [5, 5.41) is 2.04. The third-order valence-corrected chi connectivity index (χ3v) is 13.7. The lowest BCUT2D eigenvalue weighted by molar-refractivity contribution is -0.138. The Morgan fingerprint density at radius 3 is 1.57 bits per heavy atom. The SMILES string of the molecule is COCCN(C(=O)c1cccc(-c2cccc3c(C)c(Cc4cccc(C(F)(F)F)c4)sc23)c1)c1cccc(-c2cccc3c(C)c(Cc4cccc(C(F)(F)F)c4)sc23)c1. The summed E-state index contributed by atoms with van der Waals surface area (Å²) in [6.07, 6.45) is -8.11. The van der Waals surface area contributed by atoms with Crippen LogP contribution in [0.4, 0.5) is 32.0 Å². The van der Waals surface area contributed by atoms with Crippen molar-refractivity contribution in [3.63, 3.8) is 0 Å². The van der Waals surface area contributed by atoms with Crippen LogP contribution in [0, 0.1) is 13.8 Å². The quantitative estimate of drug-likeness (QED) is 0.121. The number of hydrogen-bond donors (Lipinski definition) is 0. The summed E-state index contributed by atoms with van der Waals surface area (Å²) in [5.41, 5.74) is 6.62. The molecule has 6 aromatic carbocycles. The summed E-state index contributed by atoms with van der Waals surface area (Å²) in [6, 6.07) is 38.2. The van der Waals surface area contributed by atoms with Gasteiger partial charge in [-0.1, -0.05) is 97.1 Å². The number of amides is 1. The van der Waals surface area contributed by atoms with E-state index in [0.29, 0.717) is 35.2 Å². The molecule has 0 aliphatic carbocycles. The minimum Gasteiger partial charge on any atom is -0.383 e. The second-order valence-electron chi connectivity index (χ2n) is 15.0. The van der Waals surface area contributed by atoms with Crippen molar-refractivity contribution in [2.24, 2.45) is 0 Å². The average Bonchev–Trinajstić information content (AvgIpc) is 3.74. The lowest BCUT2D eigenvalue weighted by atomic mass is 9.99. The minimum atomic E-state index is -4.42. The third-order valence-electron chi connectivity index (χ3n) is 11.0. The molecular formula is C50H39F6NO2S2. The number of thiophene rings is 2. The van der Waals surface area contributed by atoms with Crippen molar-refractivity contribution in [1.29, 1.82) is 0 Å². The van der Waals surface area contributed by atoms with Crippen molar-refractivity contribution >= 4 is 54.4 Å². The fourth-order valence-electron chi connectivity index (χ4n) is 7.81. The Morgan fingerprint density at radius 2 is 1.07 bits per heavy atom. The number of benzene rings is 6. The van der Waals surface area contributed by atoms with Crippen LogP contribution in [0.2, 0.25) is 0 Å². The molecule has 0 saturated carbocycles. The molecule has 0 aliphatic rings. The van der Waals surface area contributed by atoms with Crippen LogP contribution in [0.15, 0.2) is 133 Å². The van der Waals surface area contributed by atoms with Crippen molar-refractivity contribution in [2.75, 3.05) is 25.2 Å². The second kappa shape index (κ2) is 17.0. The summed E-state index contributed by atoms with van der Waals surface area (Å²) in [4.78, 5) is 18.2. The number of alkyl halides is 6. The molecular weight excluding hydrogens is 825 g/mol. The maximum Gasteiger partial charge on any atom is 0.416 e. The molecule has 11 heteroatoms. The average molecular weight is 864 g/mol. The molecule has 8 aromatic rings. The molecule has 0 saturated heterocycles. The summed E-state index contributed by atoms with van der Waals surface area (Å²) < 4.78 is 88.4. The van der Waals surface area contributed by atoms with Gasteiger partial charge in [0.2, 0.25) is 0 Å². The van der Waals surface area contributed by atoms with Gasteiger partial charge in [0.1, 0.15) is 0 Å². The molecule has 0 fully saturated rings. The van der Waals surface area contributed by atoms with Gasteiger partial charge < -0.3 is 9.64 Å². The molecule has 0 unspecified atom stereocenters. The van der Waals surface area contributed by atoms with Gasteiger partial charge in [0.15, 0.2) is 0 Å². The molecule has 0 radical (unpaired) electrons. The molecule has 0 aliphatic heterocycles. The molecule has 3 nitrogen and oxygen atoms in total. The predicted molar refractivity (Wildman–Crippen MR) is 236 cm³/mol. The lowest BCUT2D eigenvalue weighted by Crippen LogP contribution is -2.34. The summed E-state index contributed by atoms with van der Waals surface area (Å²) in [6.45, 7) is 4.57. The van der Waals surface area contributed by atoms with Crippen LogP contribution in [0.3, 0.4) is 0 Å². The second-order valence-corrected chi connectivity index (χ2v) is 17.2. The normalized spacial score (nSPS) is 12.1. The van der Waals surface area contributed by atoms with E-state index in [4.69, 9.17) is 4.74 Å². The first-order valence-corrected chi connectivity index (χ1v) is 21.2. The first-order valence-electron chi connectivity index (χ1n) is 19.6. The van der Waals surface area contributed by atoms with E-state index in [1.807, 2.05) is 92.7 Å². The number of carbonyl (C=O) groups excluding carboxylic acids is 1. The summed E-state index contributed by atoms with van der Waals surface area (Å²) in [7, 11) is 1.58. The largest absolute Gasteiger partial charge is 0.416 e. The summed E-state index contributed by atoms with van der Waals surface area (Å²) >= 11 is 3.12. The summed E-state index contributed by atoms with van der Waals surface area (Å²) in [5.74, 6) is -0.218. The monoisotopic (exact) mass is 863 g/mol. The van der Waals surface area contributed by atoms with Gasteiger partial charge in [-0.2, -0.15) is 26.3 Å². The molecule has 0 spiro atoms. The van der Waals surface area contributed by atoms with Crippen LogP contribution >= 0.6 is 22.7 Å². The number of carbonyl (C=O) groups is 1. The highest BCUT2D eigenvalue weighted by Gasteiger charge is 2.31. The van der Waals surface area contributed by atoms with Crippen molar-refractivity contribution in [1.82, 2.24) is 0 Å². The van der Waals surface area contributed by atoms with Crippen molar-refractivity contribution in [2.45, 2.75) is 39.0 Å². The standard InChI is InChI=1S/C50H39F6NO2S2/c1-30-40-18-8-20-42(46(40)60-44(30)26-32-10-4-15-37(24-32)49(51,52)53)34-12-6-14-36(28-34)48(58)57(22-23-59-3)39-17-7-13-35(29-39)43-21-9-19-41-31(2)45(61-47(41)43)27-33-11-5-16-38(25-33)50(54,55)56/h4-21,24-25,28-29H,22-23,26-27H2,1-3H3. The number of ether oxygens (including phenoxy) is 1. The Hall–Kier alpha value is -5.75. The Kier molecular flexibility index (Phi) is 11.7. The number of rotatable bonds is 11. The highest BCUT2D eigenvalue weighted by Crippen LogP contribution is 2.42. The Morgan fingerprint density at radius 1 is 0.590 bits per heavy atom. The van der Waals surface area contributed by atoms with E-state index in [1.54, 1.807) is 52.9 Å². The molecule has 1 amide bonds. The first-order chi connectivity index (χ1) is 29.2. The van der Waals surface area contributed by atoms with Crippen LogP contribution in [0.1, 0.15) is 53.5 Å². The number of hydrogen-bond acceptors (Lipinski definition) is 4. The van der Waals surface area contributed by atoms with E-state index in [2.05, 4.69) is 0 Å². The number of anilines is 1. The molecule has 0 N–H and O–H groups in total. The van der Waals surface area contributed by atoms with E-state index in [9.17, 15) is 31.1 Å². The van der Waals surface area contributed by atoms with Gasteiger partial charge in [-0.25, -0.2) is 0 Å². The van der Waals surface area contributed by atoms with Crippen molar-refractivity contribution < 1.29 is 35.9 Å². The van der Waals surface area contributed by atoms with E-state index < -0.39 is 23.5 Å². The number of methoxy groups -OCH3 is 1. The van der Waals surface area contributed by atoms with E-state index >= 15 is 0 Å². The van der Waals surface area contributed by atoms with Crippen LogP contribution in [-0.2, 0) is 29.9 Å². The van der Waals surface area contributed by atoms with Gasteiger partial charge in [-0.15, -0.1) is 22.7 Å². The highest BCUT2D eigenvalue weighted by atomic mass is 32.1. The molecule has 310 valence electrons. The molecule has 61 heavy (non-hydrogen) atoms. The number of halogens is 6. The fourth-order valence-corrected chi connectivity index (χ4v) is 10.6. The van der Waals surface area contributed by atoms with Crippen LogP contribution in [-0.4, -0.2) is 26.2 Å². The van der Waals surface area contributed by atoms with Gasteiger partial charge in [-0.3, -0.25) is 4.79 Å². The molecule has 2 heterocycles. The van der Waals surface area contributed by atoms with Crippen molar-refractivity contribution in [3.05, 3.63) is 182 Å². The smallest absolute Gasteiger partial charge is 0.383 e. The van der Waals surface area contributed by atoms with Gasteiger partial charge in [0, 0.05) is 56.9 Å². The highest BCUT2D eigenvalue weighted by molar-refractivity contribution is 7.20. The zero-order valence-corrected chi connectivity index (χ0v) is 35.0. The fraction of sp³-hybridized carbons (Fsp3) is 0.180. The van der Waals surface area contributed by atoms with Crippen LogP contribution < -0.4 is 4.90 Å². The zero-order chi connectivity index (χ0) is 43.1. The molecule has 0 bridgehead atoms. The first kappa shape index (κ1) is 42.0. The Labute approximate surface area is 357 Å². The molecule has 8 rings (SSSR count). The number of nitrogens with zero attached hydrogens (tertiary/aromatic N) is 1. The van der Waals surface area contributed by atoms with Gasteiger partial charge in [0.05, 0.1) is 17.7 Å². The topological polar surface area (TPSA) is 29.5 Å². The van der Waals surface area contributed by atoms with E-state index in [0.717, 1.165) is 75.4 Å². The predicted octanol–water partition coefficient (Wildman–Crippen LogP) is 14.6.